The van der Waals surface area contributed by atoms with E-state index in [0.717, 1.165) is 0 Å². The molecule has 0 spiro atoms. The summed E-state index contributed by atoms with van der Waals surface area (Å²) in [7, 11) is 0. The van der Waals surface area contributed by atoms with Crippen LogP contribution in [0.3, 0.4) is 0 Å². The van der Waals surface area contributed by atoms with E-state index in [2.05, 4.69) is 10.7 Å². The summed E-state index contributed by atoms with van der Waals surface area (Å²) in [6.45, 7) is 3.29. The molecule has 6 nitrogen and oxygen atoms in total. The second-order valence-corrected chi connectivity index (χ2v) is 4.21. The molecule has 1 aromatic rings. The van der Waals surface area contributed by atoms with Gasteiger partial charge in [0.15, 0.2) is 0 Å². The van der Waals surface area contributed by atoms with Crippen molar-refractivity contribution < 1.29 is 14.3 Å². The normalized spacial score (nSPS) is 11.5. The molecule has 104 valence electrons. The fourth-order valence-electron chi connectivity index (χ4n) is 1.54. The molecule has 0 radical (unpaired) electrons. The van der Waals surface area contributed by atoms with Gasteiger partial charge in [-0.1, -0.05) is 12.1 Å². The van der Waals surface area contributed by atoms with Crippen LogP contribution < -0.4 is 21.3 Å². The first kappa shape index (κ1) is 15.0. The number of ether oxygens (including phenoxy) is 1. The van der Waals surface area contributed by atoms with Gasteiger partial charge in [-0.3, -0.25) is 15.0 Å². The van der Waals surface area contributed by atoms with Crippen molar-refractivity contribution in [1.82, 2.24) is 5.43 Å². The van der Waals surface area contributed by atoms with E-state index >= 15 is 0 Å². The molecule has 1 unspecified atom stereocenters. The van der Waals surface area contributed by atoms with E-state index < -0.39 is 0 Å². The van der Waals surface area contributed by atoms with Crippen LogP contribution in [-0.2, 0) is 9.59 Å². The maximum absolute atomic E-state index is 11.1. The predicted molar refractivity (Wildman–Crippen MR) is 72.4 cm³/mol. The lowest BCUT2D eigenvalue weighted by atomic mass is 10.2. The van der Waals surface area contributed by atoms with Crippen molar-refractivity contribution in [2.24, 2.45) is 5.84 Å². The van der Waals surface area contributed by atoms with Crippen molar-refractivity contribution in [3.63, 3.8) is 0 Å². The number of para-hydroxylation sites is 2. The van der Waals surface area contributed by atoms with Crippen LogP contribution in [0.1, 0.15) is 26.7 Å². The quantitative estimate of drug-likeness (QED) is 0.409. The van der Waals surface area contributed by atoms with Crippen molar-refractivity contribution in [3.8, 4) is 5.75 Å². The second kappa shape index (κ2) is 7.38. The summed E-state index contributed by atoms with van der Waals surface area (Å²) in [5, 5.41) is 2.69. The van der Waals surface area contributed by atoms with E-state index in [1.807, 2.05) is 19.1 Å². The van der Waals surface area contributed by atoms with Gasteiger partial charge < -0.3 is 10.1 Å². The van der Waals surface area contributed by atoms with E-state index in [4.69, 9.17) is 10.6 Å². The summed E-state index contributed by atoms with van der Waals surface area (Å²) >= 11 is 0. The average Bonchev–Trinajstić information content (AvgIpc) is 2.37. The van der Waals surface area contributed by atoms with Gasteiger partial charge in [0.1, 0.15) is 5.75 Å². The van der Waals surface area contributed by atoms with Crippen LogP contribution in [-0.4, -0.2) is 17.9 Å². The molecule has 19 heavy (non-hydrogen) atoms. The molecular formula is C13H19N3O3. The molecule has 6 heteroatoms. The third-order valence-corrected chi connectivity index (χ3v) is 2.46. The lowest BCUT2D eigenvalue weighted by Crippen LogP contribution is -2.30. The molecule has 1 aromatic carbocycles. The molecule has 4 N–H and O–H groups in total. The SMILES string of the molecule is CC(=O)Nc1ccccc1OC(C)CCC(=O)NN. The molecule has 0 bridgehead atoms. The predicted octanol–water partition coefficient (Wildman–Crippen LogP) is 1.18. The minimum Gasteiger partial charge on any atom is -0.489 e. The van der Waals surface area contributed by atoms with Gasteiger partial charge in [0.25, 0.3) is 0 Å². The van der Waals surface area contributed by atoms with Crippen molar-refractivity contribution >= 4 is 17.5 Å². The molecular weight excluding hydrogens is 246 g/mol. The van der Waals surface area contributed by atoms with Crippen molar-refractivity contribution in [1.29, 1.82) is 0 Å². The van der Waals surface area contributed by atoms with Gasteiger partial charge in [0.2, 0.25) is 11.8 Å². The third kappa shape index (κ3) is 5.39. The number of nitrogens with one attached hydrogen (secondary N) is 2. The molecule has 0 saturated carbocycles. The van der Waals surface area contributed by atoms with Gasteiger partial charge in [-0.2, -0.15) is 0 Å². The molecule has 0 heterocycles. The van der Waals surface area contributed by atoms with Crippen LogP contribution in [0.5, 0.6) is 5.75 Å². The molecule has 0 aromatic heterocycles. The zero-order valence-electron chi connectivity index (χ0n) is 11.1. The minimum absolute atomic E-state index is 0.160. The highest BCUT2D eigenvalue weighted by atomic mass is 16.5. The average molecular weight is 265 g/mol. The Morgan fingerprint density at radius 1 is 1.37 bits per heavy atom. The molecule has 0 aliphatic heterocycles. The van der Waals surface area contributed by atoms with Gasteiger partial charge in [0, 0.05) is 13.3 Å². The number of rotatable bonds is 6. The topological polar surface area (TPSA) is 93.4 Å². The Balaban J connectivity index is 2.60. The van der Waals surface area contributed by atoms with E-state index in [0.29, 0.717) is 24.3 Å². The Bertz CT molecular complexity index is 449. The molecule has 2 amide bonds. The maximum atomic E-state index is 11.1. The third-order valence-electron chi connectivity index (χ3n) is 2.46. The first-order valence-corrected chi connectivity index (χ1v) is 6.05. The van der Waals surface area contributed by atoms with Crippen molar-refractivity contribution in [2.75, 3.05) is 5.32 Å². The van der Waals surface area contributed by atoms with Gasteiger partial charge in [-0.05, 0) is 25.5 Å². The van der Waals surface area contributed by atoms with Gasteiger partial charge in [0.05, 0.1) is 11.8 Å². The highest BCUT2D eigenvalue weighted by Gasteiger charge is 2.10. The van der Waals surface area contributed by atoms with Gasteiger partial charge in [-0.15, -0.1) is 0 Å². The zero-order valence-corrected chi connectivity index (χ0v) is 11.1. The van der Waals surface area contributed by atoms with Crippen LogP contribution in [0.4, 0.5) is 5.69 Å². The number of carbonyl (C=O) groups excluding carboxylic acids is 2. The van der Waals surface area contributed by atoms with Crippen LogP contribution >= 0.6 is 0 Å². The summed E-state index contributed by atoms with van der Waals surface area (Å²) in [5.41, 5.74) is 2.69. The van der Waals surface area contributed by atoms with E-state index in [9.17, 15) is 9.59 Å². The lowest BCUT2D eigenvalue weighted by molar-refractivity contribution is -0.121. The van der Waals surface area contributed by atoms with Crippen LogP contribution in [0.25, 0.3) is 0 Å². The Morgan fingerprint density at radius 3 is 2.68 bits per heavy atom. The summed E-state index contributed by atoms with van der Waals surface area (Å²) in [6, 6.07) is 7.16. The summed E-state index contributed by atoms with van der Waals surface area (Å²) < 4.78 is 5.71. The number of hydrogen-bond donors (Lipinski definition) is 3. The van der Waals surface area contributed by atoms with Gasteiger partial charge >= 0.3 is 0 Å². The van der Waals surface area contributed by atoms with Crippen LogP contribution in [0, 0.1) is 0 Å². The first-order chi connectivity index (χ1) is 9.02. The fraction of sp³-hybridized carbons (Fsp3) is 0.385. The van der Waals surface area contributed by atoms with Crippen molar-refractivity contribution in [2.45, 2.75) is 32.8 Å². The molecule has 0 aliphatic rings. The first-order valence-electron chi connectivity index (χ1n) is 6.05. The second-order valence-electron chi connectivity index (χ2n) is 4.21. The Morgan fingerprint density at radius 2 is 2.05 bits per heavy atom. The van der Waals surface area contributed by atoms with E-state index in [1.165, 1.54) is 6.92 Å². The number of hydrazine groups is 1. The molecule has 0 aliphatic carbocycles. The zero-order chi connectivity index (χ0) is 14.3. The molecule has 0 saturated heterocycles. The van der Waals surface area contributed by atoms with Gasteiger partial charge in [-0.25, -0.2) is 5.84 Å². The number of nitrogens with two attached hydrogens (primary N) is 1. The lowest BCUT2D eigenvalue weighted by Gasteiger charge is -2.17. The smallest absolute Gasteiger partial charge is 0.234 e. The largest absolute Gasteiger partial charge is 0.489 e. The summed E-state index contributed by atoms with van der Waals surface area (Å²) in [6.07, 6.45) is 0.671. The number of amides is 2. The summed E-state index contributed by atoms with van der Waals surface area (Å²) in [5.74, 6) is 5.19. The molecule has 0 fully saturated rings. The minimum atomic E-state index is -0.231. The maximum Gasteiger partial charge on any atom is 0.234 e. The van der Waals surface area contributed by atoms with E-state index in [-0.39, 0.29) is 17.9 Å². The highest BCUT2D eigenvalue weighted by Crippen LogP contribution is 2.25. The number of anilines is 1. The fourth-order valence-corrected chi connectivity index (χ4v) is 1.54. The van der Waals surface area contributed by atoms with Crippen LogP contribution in [0.15, 0.2) is 24.3 Å². The number of benzene rings is 1. The highest BCUT2D eigenvalue weighted by molar-refractivity contribution is 5.90. The summed E-state index contributed by atoms with van der Waals surface area (Å²) in [4.78, 5) is 22.1. The Hall–Kier alpha value is -2.08. The number of carbonyl (C=O) groups is 2. The van der Waals surface area contributed by atoms with Crippen LogP contribution in [0.2, 0.25) is 0 Å². The molecule has 1 rings (SSSR count). The van der Waals surface area contributed by atoms with Crippen molar-refractivity contribution in [3.05, 3.63) is 24.3 Å². The van der Waals surface area contributed by atoms with E-state index in [1.54, 1.807) is 12.1 Å². The number of hydrogen-bond acceptors (Lipinski definition) is 4. The monoisotopic (exact) mass is 265 g/mol. The Kier molecular flexibility index (Phi) is 5.81. The Labute approximate surface area is 112 Å². The standard InChI is InChI=1S/C13H19N3O3/c1-9(7-8-13(18)16-14)19-12-6-4-3-5-11(12)15-10(2)17/h3-6,9H,7-8,14H2,1-2H3,(H,15,17)(H,16,18). The molecule has 1 atom stereocenters.